The molecule has 0 aliphatic heterocycles. The van der Waals surface area contributed by atoms with E-state index in [0.717, 1.165) is 13.1 Å². The number of halogens is 3. The zero-order valence-corrected chi connectivity index (χ0v) is 8.11. The van der Waals surface area contributed by atoms with Gasteiger partial charge in [0.2, 0.25) is 0 Å². The van der Waals surface area contributed by atoms with Crippen LogP contribution in [0.25, 0.3) is 0 Å². The van der Waals surface area contributed by atoms with Gasteiger partial charge >= 0.3 is 6.18 Å². The number of rotatable bonds is 2. The molecule has 0 heterocycles. The van der Waals surface area contributed by atoms with Gasteiger partial charge < -0.3 is 4.90 Å². The van der Waals surface area contributed by atoms with Crippen LogP contribution in [-0.4, -0.2) is 37.9 Å². The molecule has 0 unspecified atom stereocenters. The van der Waals surface area contributed by atoms with Crippen LogP contribution in [0.1, 0.15) is 6.92 Å². The third-order valence-corrected chi connectivity index (χ3v) is 1.58. The minimum atomic E-state index is -4.37. The predicted molar refractivity (Wildman–Crippen MR) is 46.9 cm³/mol. The lowest BCUT2D eigenvalue weighted by Gasteiger charge is -2.14. The second-order valence-electron chi connectivity index (χ2n) is 2.79. The summed E-state index contributed by atoms with van der Waals surface area (Å²) in [6.45, 7) is 1.59. The maximum absolute atomic E-state index is 12.2. The number of alkyl halides is 3. The zero-order valence-electron chi connectivity index (χ0n) is 8.11. The number of hydrogen-bond donors (Lipinski definition) is 0. The molecule has 0 saturated heterocycles. The highest BCUT2D eigenvalue weighted by Gasteiger charge is 2.33. The van der Waals surface area contributed by atoms with E-state index in [1.54, 1.807) is 25.9 Å². The van der Waals surface area contributed by atoms with Gasteiger partial charge in [-0.25, -0.2) is 0 Å². The molecule has 0 amide bonds. The maximum Gasteiger partial charge on any atom is 0.432 e. The second kappa shape index (κ2) is 4.30. The molecule has 0 aliphatic rings. The van der Waals surface area contributed by atoms with Crippen molar-refractivity contribution in [3.8, 4) is 0 Å². The molecule has 5 heteroatoms. The Morgan fingerprint density at radius 2 is 1.77 bits per heavy atom. The molecule has 0 saturated carbocycles. The first-order valence-electron chi connectivity index (χ1n) is 3.68. The van der Waals surface area contributed by atoms with Gasteiger partial charge in [-0.15, -0.1) is 0 Å². The lowest BCUT2D eigenvalue weighted by atomic mass is 10.3. The van der Waals surface area contributed by atoms with Crippen LogP contribution in [0.15, 0.2) is 16.8 Å². The molecule has 0 bridgehead atoms. The minimum Gasteiger partial charge on any atom is -0.381 e. The Balaban J connectivity index is 4.77. The van der Waals surface area contributed by atoms with Gasteiger partial charge in [0.25, 0.3) is 0 Å². The van der Waals surface area contributed by atoms with Crippen LogP contribution in [0.2, 0.25) is 0 Å². The molecule has 0 aliphatic carbocycles. The highest BCUT2D eigenvalue weighted by molar-refractivity contribution is 5.99. The summed E-state index contributed by atoms with van der Waals surface area (Å²) in [6.07, 6.45) is -3.36. The van der Waals surface area contributed by atoms with Gasteiger partial charge in [0, 0.05) is 26.8 Å². The lowest BCUT2D eigenvalue weighted by molar-refractivity contribution is -0.0578. The van der Waals surface area contributed by atoms with Gasteiger partial charge in [0.05, 0.1) is 0 Å². The van der Waals surface area contributed by atoms with Crippen LogP contribution >= 0.6 is 0 Å². The summed E-state index contributed by atoms with van der Waals surface area (Å²) in [7, 11) is 4.48. The van der Waals surface area contributed by atoms with Crippen molar-refractivity contribution < 1.29 is 13.2 Å². The number of allylic oxidation sites excluding steroid dienone is 2. The van der Waals surface area contributed by atoms with Crippen LogP contribution in [0.5, 0.6) is 0 Å². The lowest BCUT2D eigenvalue weighted by Crippen LogP contribution is -2.22. The molecule has 76 valence electrons. The highest BCUT2D eigenvalue weighted by Crippen LogP contribution is 2.19. The van der Waals surface area contributed by atoms with Crippen molar-refractivity contribution in [3.63, 3.8) is 0 Å². The fraction of sp³-hybridized carbons (Fsp3) is 0.625. The van der Waals surface area contributed by atoms with E-state index in [0.29, 0.717) is 5.70 Å². The Hall–Kier alpha value is -1.00. The van der Waals surface area contributed by atoms with Crippen molar-refractivity contribution in [3.05, 3.63) is 11.8 Å². The average Bonchev–Trinajstić information content (AvgIpc) is 1.96. The fourth-order valence-electron chi connectivity index (χ4n) is 0.600. The summed E-state index contributed by atoms with van der Waals surface area (Å²) < 4.78 is 36.5. The molecule has 0 aromatic carbocycles. The van der Waals surface area contributed by atoms with E-state index in [1.807, 2.05) is 0 Å². The normalized spacial score (nSPS) is 14.7. The zero-order chi connectivity index (χ0) is 10.6. The molecule has 13 heavy (non-hydrogen) atoms. The van der Waals surface area contributed by atoms with Gasteiger partial charge in [0.15, 0.2) is 0 Å². The smallest absolute Gasteiger partial charge is 0.381 e. The van der Waals surface area contributed by atoms with Gasteiger partial charge in [0.1, 0.15) is 5.71 Å². The molecule has 0 N–H and O–H groups in total. The topological polar surface area (TPSA) is 15.6 Å². The maximum atomic E-state index is 12.2. The molecule has 0 aromatic rings. The SMILES string of the molecule is C/N=C(/C=C(/C)N(C)C)C(F)(F)F. The third-order valence-electron chi connectivity index (χ3n) is 1.58. The number of nitrogens with zero attached hydrogens (tertiary/aromatic N) is 2. The van der Waals surface area contributed by atoms with Crippen molar-refractivity contribution >= 4 is 5.71 Å². The van der Waals surface area contributed by atoms with Gasteiger partial charge in [-0.05, 0) is 13.0 Å². The number of aliphatic imine (C=N–C) groups is 1. The standard InChI is InChI=1S/C8H13F3N2/c1-6(13(3)4)5-7(12-2)8(9,10)11/h5H,1-4H3/b6-5-,12-7-. The van der Waals surface area contributed by atoms with Crippen LogP contribution in [0, 0.1) is 0 Å². The van der Waals surface area contributed by atoms with Gasteiger partial charge in [-0.1, -0.05) is 0 Å². The Morgan fingerprint density at radius 3 is 2.00 bits per heavy atom. The largest absolute Gasteiger partial charge is 0.432 e. The van der Waals surface area contributed by atoms with E-state index < -0.39 is 11.9 Å². The van der Waals surface area contributed by atoms with Gasteiger partial charge in [-0.3, -0.25) is 4.99 Å². The summed E-state index contributed by atoms with van der Waals surface area (Å²) >= 11 is 0. The van der Waals surface area contributed by atoms with Crippen LogP contribution < -0.4 is 0 Å². The van der Waals surface area contributed by atoms with Crippen LogP contribution in [0.3, 0.4) is 0 Å². The molecule has 0 radical (unpaired) electrons. The van der Waals surface area contributed by atoms with Crippen molar-refractivity contribution in [1.29, 1.82) is 0 Å². The Labute approximate surface area is 75.8 Å². The summed E-state index contributed by atoms with van der Waals surface area (Å²) in [5.41, 5.74) is -0.350. The van der Waals surface area contributed by atoms with E-state index in [2.05, 4.69) is 4.99 Å². The first-order chi connectivity index (χ1) is 5.79. The Kier molecular flexibility index (Phi) is 3.97. The van der Waals surface area contributed by atoms with Gasteiger partial charge in [-0.2, -0.15) is 13.2 Å². The van der Waals surface area contributed by atoms with E-state index >= 15 is 0 Å². The van der Waals surface area contributed by atoms with E-state index in [1.165, 1.54) is 0 Å². The van der Waals surface area contributed by atoms with E-state index in [-0.39, 0.29) is 0 Å². The average molecular weight is 194 g/mol. The van der Waals surface area contributed by atoms with Crippen molar-refractivity contribution in [2.24, 2.45) is 4.99 Å². The fourth-order valence-corrected chi connectivity index (χ4v) is 0.600. The summed E-state index contributed by atoms with van der Waals surface area (Å²) in [5.74, 6) is 0. The summed E-state index contributed by atoms with van der Waals surface area (Å²) in [4.78, 5) is 4.76. The molecular weight excluding hydrogens is 181 g/mol. The molecule has 2 nitrogen and oxygen atoms in total. The Bertz CT molecular complexity index is 226. The molecule has 0 aromatic heterocycles. The summed E-state index contributed by atoms with van der Waals surface area (Å²) in [6, 6.07) is 0. The molecule has 0 spiro atoms. The monoisotopic (exact) mass is 194 g/mol. The molecule has 0 fully saturated rings. The van der Waals surface area contributed by atoms with Crippen LogP contribution in [-0.2, 0) is 0 Å². The summed E-state index contributed by atoms with van der Waals surface area (Å²) in [5, 5.41) is 0. The quantitative estimate of drug-likeness (QED) is 0.614. The predicted octanol–water partition coefficient (Wildman–Crippen LogP) is 2.08. The molecular formula is C8H13F3N2. The first-order valence-corrected chi connectivity index (χ1v) is 3.68. The minimum absolute atomic E-state index is 0.512. The Morgan fingerprint density at radius 1 is 1.31 bits per heavy atom. The van der Waals surface area contributed by atoms with E-state index in [4.69, 9.17) is 0 Å². The molecule has 0 rings (SSSR count). The highest BCUT2D eigenvalue weighted by atomic mass is 19.4. The van der Waals surface area contributed by atoms with Crippen molar-refractivity contribution in [2.75, 3.05) is 21.1 Å². The van der Waals surface area contributed by atoms with Crippen molar-refractivity contribution in [2.45, 2.75) is 13.1 Å². The van der Waals surface area contributed by atoms with E-state index in [9.17, 15) is 13.2 Å². The third kappa shape index (κ3) is 3.96. The second-order valence-corrected chi connectivity index (χ2v) is 2.79. The van der Waals surface area contributed by atoms with Crippen LogP contribution in [0.4, 0.5) is 13.2 Å². The number of hydrogen-bond acceptors (Lipinski definition) is 2. The first kappa shape index (κ1) is 12.0. The molecule has 0 atom stereocenters. The van der Waals surface area contributed by atoms with Crippen molar-refractivity contribution in [1.82, 2.24) is 4.90 Å².